The van der Waals surface area contributed by atoms with Gasteiger partial charge in [-0.25, -0.2) is 0 Å². The van der Waals surface area contributed by atoms with Crippen molar-refractivity contribution in [2.45, 2.75) is 103 Å². The molecule has 0 aromatic carbocycles. The minimum Gasteiger partial charge on any atom is -0.347 e. The van der Waals surface area contributed by atoms with Gasteiger partial charge in [-0.05, 0) is 6.42 Å². The minimum absolute atomic E-state index is 0.202. The van der Waals surface area contributed by atoms with E-state index in [4.69, 9.17) is 0 Å². The van der Waals surface area contributed by atoms with Crippen LogP contribution in [-0.2, 0) is 4.79 Å². The van der Waals surface area contributed by atoms with Crippen LogP contribution in [0.15, 0.2) is 0 Å². The number of carbonyl (C=O) groups is 1. The van der Waals surface area contributed by atoms with E-state index in [1.54, 1.807) is 0 Å². The molecule has 0 unspecified atom stereocenters. The van der Waals surface area contributed by atoms with Crippen molar-refractivity contribution in [2.24, 2.45) is 0 Å². The summed E-state index contributed by atoms with van der Waals surface area (Å²) in [5, 5.41) is 1.90. The summed E-state index contributed by atoms with van der Waals surface area (Å²) in [5.41, 5.74) is 0. The smallest absolute Gasteiger partial charge is 0.347 e. The van der Waals surface area contributed by atoms with Crippen LogP contribution in [-0.4, -0.2) is 18.6 Å². The maximum Gasteiger partial charge on any atom is 0.405 e. The first kappa shape index (κ1) is 22.3. The Labute approximate surface area is 139 Å². The monoisotopic (exact) mass is 337 g/mol. The third kappa shape index (κ3) is 19.2. The lowest BCUT2D eigenvalue weighted by Gasteiger charge is -2.08. The molecule has 0 spiro atoms. The molecule has 1 amide bonds. The van der Waals surface area contributed by atoms with Gasteiger partial charge in [0.2, 0.25) is 5.91 Å². The third-order valence-corrected chi connectivity index (χ3v) is 3.99. The molecule has 0 saturated carbocycles. The Hall–Kier alpha value is -0.740. The van der Waals surface area contributed by atoms with Crippen LogP contribution in [0.2, 0.25) is 0 Å². The molecule has 0 atom stereocenters. The number of halogens is 3. The number of hydrogen-bond acceptors (Lipinski definition) is 1. The van der Waals surface area contributed by atoms with E-state index in [1.807, 2.05) is 5.32 Å². The van der Waals surface area contributed by atoms with Gasteiger partial charge in [-0.15, -0.1) is 0 Å². The van der Waals surface area contributed by atoms with Gasteiger partial charge in [-0.2, -0.15) is 13.2 Å². The predicted octanol–water partition coefficient (Wildman–Crippen LogP) is 6.15. The molecule has 0 saturated heterocycles. The predicted molar refractivity (Wildman–Crippen MR) is 89.4 cm³/mol. The summed E-state index contributed by atoms with van der Waals surface area (Å²) in [7, 11) is 0. The largest absolute Gasteiger partial charge is 0.405 e. The third-order valence-electron chi connectivity index (χ3n) is 3.99. The molecule has 0 rings (SSSR count). The summed E-state index contributed by atoms with van der Waals surface area (Å²) in [6.45, 7) is 1.01. The topological polar surface area (TPSA) is 29.1 Å². The number of carbonyl (C=O) groups excluding carboxylic acids is 1. The Kier molecular flexibility index (Phi) is 14.4. The number of rotatable bonds is 15. The second-order valence-corrected chi connectivity index (χ2v) is 6.38. The molecule has 0 aliphatic rings. The molecule has 0 aromatic rings. The summed E-state index contributed by atoms with van der Waals surface area (Å²) in [6, 6.07) is 0. The molecular weight excluding hydrogens is 303 g/mol. The average Bonchev–Trinajstić information content (AvgIpc) is 2.49. The van der Waals surface area contributed by atoms with Crippen molar-refractivity contribution in [3.8, 4) is 0 Å². The van der Waals surface area contributed by atoms with Crippen LogP contribution in [0.4, 0.5) is 13.2 Å². The van der Waals surface area contributed by atoms with Gasteiger partial charge in [0.1, 0.15) is 6.54 Å². The summed E-state index contributed by atoms with van der Waals surface area (Å²) < 4.78 is 35.7. The highest BCUT2D eigenvalue weighted by Gasteiger charge is 2.27. The Morgan fingerprint density at radius 1 is 0.739 bits per heavy atom. The molecule has 1 N–H and O–H groups in total. The van der Waals surface area contributed by atoms with Gasteiger partial charge in [0, 0.05) is 6.42 Å². The Morgan fingerprint density at radius 3 is 1.52 bits per heavy atom. The maximum absolute atomic E-state index is 11.9. The van der Waals surface area contributed by atoms with Crippen molar-refractivity contribution >= 4 is 5.91 Å². The van der Waals surface area contributed by atoms with Crippen LogP contribution in [0.5, 0.6) is 0 Å². The molecule has 0 aromatic heterocycles. The Balaban J connectivity index is 3.17. The second kappa shape index (κ2) is 14.8. The Bertz CT molecular complexity index is 280. The first-order valence-electron chi connectivity index (χ1n) is 9.29. The van der Waals surface area contributed by atoms with E-state index in [1.165, 1.54) is 64.2 Å². The number of alkyl halides is 3. The molecule has 0 radical (unpaired) electrons. The lowest BCUT2D eigenvalue weighted by atomic mass is 10.0. The van der Waals surface area contributed by atoms with Gasteiger partial charge in [0.25, 0.3) is 0 Å². The van der Waals surface area contributed by atoms with E-state index in [-0.39, 0.29) is 6.42 Å². The molecule has 2 nitrogen and oxygen atoms in total. The number of nitrogens with one attached hydrogen (secondary N) is 1. The van der Waals surface area contributed by atoms with Gasteiger partial charge in [-0.1, -0.05) is 84.0 Å². The zero-order valence-electron chi connectivity index (χ0n) is 14.6. The zero-order valence-corrected chi connectivity index (χ0v) is 14.6. The van der Waals surface area contributed by atoms with Crippen LogP contribution < -0.4 is 5.32 Å². The lowest BCUT2D eigenvalue weighted by Crippen LogP contribution is -2.33. The van der Waals surface area contributed by atoms with Crippen LogP contribution in [0.1, 0.15) is 96.8 Å². The van der Waals surface area contributed by atoms with E-state index in [0.717, 1.165) is 12.8 Å². The van der Waals surface area contributed by atoms with Gasteiger partial charge >= 0.3 is 6.18 Å². The van der Waals surface area contributed by atoms with Crippen molar-refractivity contribution in [1.29, 1.82) is 0 Å². The molecule has 138 valence electrons. The summed E-state index contributed by atoms with van der Waals surface area (Å²) in [5.74, 6) is -0.495. The van der Waals surface area contributed by atoms with E-state index in [2.05, 4.69) is 6.92 Å². The van der Waals surface area contributed by atoms with Crippen molar-refractivity contribution in [1.82, 2.24) is 5.32 Å². The van der Waals surface area contributed by atoms with Crippen LogP contribution in [0, 0.1) is 0 Å². The maximum atomic E-state index is 11.9. The molecule has 0 aliphatic heterocycles. The van der Waals surface area contributed by atoms with Crippen LogP contribution >= 0.6 is 0 Å². The highest BCUT2D eigenvalue weighted by Crippen LogP contribution is 2.14. The standard InChI is InChI=1S/C18H34F3NO/c1-2-3-4-5-6-7-8-9-10-11-12-13-14-15-17(23)22-16-18(19,20)21/h2-16H2,1H3,(H,22,23). The summed E-state index contributed by atoms with van der Waals surface area (Å²) in [4.78, 5) is 11.2. The molecular formula is C18H34F3NO. The minimum atomic E-state index is -4.31. The quantitative estimate of drug-likeness (QED) is 0.357. The second-order valence-electron chi connectivity index (χ2n) is 6.38. The molecule has 0 fully saturated rings. The van der Waals surface area contributed by atoms with Crippen molar-refractivity contribution in [2.75, 3.05) is 6.54 Å². The van der Waals surface area contributed by atoms with Crippen molar-refractivity contribution < 1.29 is 18.0 Å². The average molecular weight is 337 g/mol. The number of hydrogen-bond donors (Lipinski definition) is 1. The first-order valence-corrected chi connectivity index (χ1v) is 9.29. The van der Waals surface area contributed by atoms with Crippen LogP contribution in [0.3, 0.4) is 0 Å². The van der Waals surface area contributed by atoms with E-state index < -0.39 is 18.6 Å². The van der Waals surface area contributed by atoms with E-state index in [0.29, 0.717) is 6.42 Å². The fraction of sp³-hybridized carbons (Fsp3) is 0.944. The van der Waals surface area contributed by atoms with E-state index >= 15 is 0 Å². The molecule has 0 aliphatic carbocycles. The van der Waals surface area contributed by atoms with Crippen LogP contribution in [0.25, 0.3) is 0 Å². The highest BCUT2D eigenvalue weighted by atomic mass is 19.4. The fourth-order valence-electron chi connectivity index (χ4n) is 2.59. The molecule has 5 heteroatoms. The molecule has 0 bridgehead atoms. The van der Waals surface area contributed by atoms with Crippen molar-refractivity contribution in [3.63, 3.8) is 0 Å². The molecule has 23 heavy (non-hydrogen) atoms. The first-order chi connectivity index (χ1) is 11.0. The van der Waals surface area contributed by atoms with Gasteiger partial charge in [0.15, 0.2) is 0 Å². The summed E-state index contributed by atoms with van der Waals surface area (Å²) >= 11 is 0. The number of amides is 1. The van der Waals surface area contributed by atoms with Gasteiger partial charge in [0.05, 0.1) is 0 Å². The molecule has 0 heterocycles. The lowest BCUT2D eigenvalue weighted by molar-refractivity contribution is -0.138. The summed E-state index contributed by atoms with van der Waals surface area (Å²) in [6.07, 6.45) is 11.6. The Morgan fingerprint density at radius 2 is 1.13 bits per heavy atom. The fourth-order valence-corrected chi connectivity index (χ4v) is 2.59. The zero-order chi connectivity index (χ0) is 17.4. The SMILES string of the molecule is CCCCCCCCCCCCCCCC(=O)NCC(F)(F)F. The van der Waals surface area contributed by atoms with Gasteiger partial charge in [-0.3, -0.25) is 4.79 Å². The highest BCUT2D eigenvalue weighted by molar-refractivity contribution is 5.75. The normalized spacial score (nSPS) is 11.7. The van der Waals surface area contributed by atoms with Gasteiger partial charge < -0.3 is 5.32 Å². The van der Waals surface area contributed by atoms with E-state index in [9.17, 15) is 18.0 Å². The van der Waals surface area contributed by atoms with Crippen molar-refractivity contribution in [3.05, 3.63) is 0 Å². The number of unbranched alkanes of at least 4 members (excludes halogenated alkanes) is 12.